The van der Waals surface area contributed by atoms with Crippen molar-refractivity contribution in [2.75, 3.05) is 5.32 Å². The summed E-state index contributed by atoms with van der Waals surface area (Å²) in [5.41, 5.74) is 3.50. The van der Waals surface area contributed by atoms with Gasteiger partial charge in [-0.2, -0.15) is 0 Å². The molecule has 3 rings (SSSR count). The first-order valence-electron chi connectivity index (χ1n) is 6.34. The van der Waals surface area contributed by atoms with Gasteiger partial charge >= 0.3 is 5.91 Å². The summed E-state index contributed by atoms with van der Waals surface area (Å²) in [6, 6.07) is 11.3. The van der Waals surface area contributed by atoms with Crippen molar-refractivity contribution in [2.45, 2.75) is 0 Å². The number of para-hydroxylation sites is 1. The molecule has 1 amide bonds. The first kappa shape index (κ1) is 14.4. The molecule has 0 spiro atoms. The average Bonchev–Trinajstić information content (AvgIpc) is 2.89. The number of nitrogen functional groups attached to an aromatic ring is 1. The van der Waals surface area contributed by atoms with Crippen LogP contribution in [0.1, 0.15) is 10.6 Å². The number of carbonyl (C=O) groups is 1. The van der Waals surface area contributed by atoms with E-state index in [0.717, 1.165) is 0 Å². The maximum Gasteiger partial charge on any atom is 0.303 e. The van der Waals surface area contributed by atoms with Gasteiger partial charge in [0.15, 0.2) is 0 Å². The number of hydrogen-bond acceptors (Lipinski definition) is 4. The van der Waals surface area contributed by atoms with Crippen molar-refractivity contribution in [3.05, 3.63) is 59.1 Å². The standard InChI is InChI=1S/C15H11ClFN3O2/c16-10-7-8(5-6-11(10)17)19-13-9-3-1-2-4-12(9)22-14(13)15(21)20-18/h1-7,19H,18H2,(H,20,21). The third kappa shape index (κ3) is 2.49. The van der Waals surface area contributed by atoms with Gasteiger partial charge in [0.25, 0.3) is 0 Å². The van der Waals surface area contributed by atoms with Crippen LogP contribution in [0.2, 0.25) is 5.02 Å². The highest BCUT2D eigenvalue weighted by Gasteiger charge is 2.20. The van der Waals surface area contributed by atoms with E-state index in [0.29, 0.717) is 22.3 Å². The van der Waals surface area contributed by atoms with Crippen LogP contribution in [0.3, 0.4) is 0 Å². The second-order valence-corrected chi connectivity index (χ2v) is 4.94. The molecule has 2 aromatic carbocycles. The molecule has 1 heterocycles. The normalized spacial score (nSPS) is 10.7. The molecule has 1 aromatic heterocycles. The van der Waals surface area contributed by atoms with Crippen molar-refractivity contribution in [1.82, 2.24) is 5.43 Å². The summed E-state index contributed by atoms with van der Waals surface area (Å²) < 4.78 is 18.8. The summed E-state index contributed by atoms with van der Waals surface area (Å²) in [5.74, 6) is 4.10. The van der Waals surface area contributed by atoms with Crippen LogP contribution in [0.25, 0.3) is 11.0 Å². The predicted molar refractivity (Wildman–Crippen MR) is 82.6 cm³/mol. The molecule has 5 nitrogen and oxygen atoms in total. The van der Waals surface area contributed by atoms with Gasteiger partial charge in [0, 0.05) is 11.1 Å². The number of rotatable bonds is 3. The molecule has 22 heavy (non-hydrogen) atoms. The van der Waals surface area contributed by atoms with Crippen LogP contribution < -0.4 is 16.6 Å². The van der Waals surface area contributed by atoms with Gasteiger partial charge in [-0.15, -0.1) is 0 Å². The summed E-state index contributed by atoms with van der Waals surface area (Å²) in [7, 11) is 0. The minimum Gasteiger partial charge on any atom is -0.449 e. The zero-order valence-electron chi connectivity index (χ0n) is 11.2. The van der Waals surface area contributed by atoms with Gasteiger partial charge in [-0.3, -0.25) is 10.2 Å². The Balaban J connectivity index is 2.11. The number of carbonyl (C=O) groups excluding carboxylic acids is 1. The Morgan fingerprint density at radius 2 is 2.00 bits per heavy atom. The summed E-state index contributed by atoms with van der Waals surface area (Å²) in [5, 5.41) is 3.69. The number of hydrogen-bond donors (Lipinski definition) is 3. The van der Waals surface area contributed by atoms with E-state index in [4.69, 9.17) is 21.9 Å². The summed E-state index contributed by atoms with van der Waals surface area (Å²) in [4.78, 5) is 11.9. The quantitative estimate of drug-likeness (QED) is 0.391. The number of amides is 1. The Labute approximate surface area is 129 Å². The van der Waals surface area contributed by atoms with Crippen LogP contribution in [-0.4, -0.2) is 5.91 Å². The lowest BCUT2D eigenvalue weighted by Gasteiger charge is -2.07. The van der Waals surface area contributed by atoms with Gasteiger partial charge in [-0.05, 0) is 30.3 Å². The zero-order chi connectivity index (χ0) is 15.7. The molecular formula is C15H11ClFN3O2. The summed E-state index contributed by atoms with van der Waals surface area (Å²) in [6.45, 7) is 0. The fourth-order valence-electron chi connectivity index (χ4n) is 2.11. The van der Waals surface area contributed by atoms with E-state index in [1.54, 1.807) is 18.2 Å². The van der Waals surface area contributed by atoms with Crippen molar-refractivity contribution in [3.63, 3.8) is 0 Å². The molecule has 0 bridgehead atoms. The molecular weight excluding hydrogens is 309 g/mol. The molecule has 112 valence electrons. The number of furan rings is 1. The Hall–Kier alpha value is -2.57. The molecule has 0 saturated heterocycles. The Kier molecular flexibility index (Phi) is 3.70. The molecule has 7 heteroatoms. The van der Waals surface area contributed by atoms with E-state index < -0.39 is 11.7 Å². The molecule has 0 unspecified atom stereocenters. The lowest BCUT2D eigenvalue weighted by atomic mass is 10.2. The van der Waals surface area contributed by atoms with Crippen molar-refractivity contribution < 1.29 is 13.6 Å². The van der Waals surface area contributed by atoms with Crippen molar-refractivity contribution in [1.29, 1.82) is 0 Å². The Morgan fingerprint density at radius 1 is 1.23 bits per heavy atom. The fourth-order valence-corrected chi connectivity index (χ4v) is 2.29. The fraction of sp³-hybridized carbons (Fsp3) is 0. The van der Waals surface area contributed by atoms with E-state index in [1.807, 2.05) is 11.5 Å². The van der Waals surface area contributed by atoms with E-state index in [-0.39, 0.29) is 10.8 Å². The third-order valence-corrected chi connectivity index (χ3v) is 3.41. The number of anilines is 2. The molecule has 0 fully saturated rings. The van der Waals surface area contributed by atoms with E-state index in [1.165, 1.54) is 18.2 Å². The number of nitrogens with two attached hydrogens (primary N) is 1. The van der Waals surface area contributed by atoms with Crippen LogP contribution in [-0.2, 0) is 0 Å². The maximum atomic E-state index is 13.2. The van der Waals surface area contributed by atoms with Gasteiger partial charge < -0.3 is 9.73 Å². The van der Waals surface area contributed by atoms with Gasteiger partial charge in [0.2, 0.25) is 5.76 Å². The molecule has 4 N–H and O–H groups in total. The Morgan fingerprint density at radius 3 is 2.73 bits per heavy atom. The van der Waals surface area contributed by atoms with E-state index in [2.05, 4.69) is 5.32 Å². The molecule has 0 aliphatic rings. The first-order valence-corrected chi connectivity index (χ1v) is 6.72. The SMILES string of the molecule is NNC(=O)c1oc2ccccc2c1Nc1ccc(F)c(Cl)c1. The lowest BCUT2D eigenvalue weighted by Crippen LogP contribution is -2.30. The zero-order valence-corrected chi connectivity index (χ0v) is 11.9. The second kappa shape index (κ2) is 5.67. The molecule has 0 saturated carbocycles. The number of fused-ring (bicyclic) bond motifs is 1. The number of benzene rings is 2. The van der Waals surface area contributed by atoms with Crippen LogP contribution in [0.15, 0.2) is 46.9 Å². The third-order valence-electron chi connectivity index (χ3n) is 3.12. The number of nitrogens with one attached hydrogen (secondary N) is 2. The highest BCUT2D eigenvalue weighted by molar-refractivity contribution is 6.31. The molecule has 0 radical (unpaired) electrons. The number of halogens is 2. The molecule has 0 aliphatic carbocycles. The smallest absolute Gasteiger partial charge is 0.303 e. The molecule has 3 aromatic rings. The van der Waals surface area contributed by atoms with Crippen molar-refractivity contribution >= 4 is 39.9 Å². The minimum atomic E-state index is -0.577. The second-order valence-electron chi connectivity index (χ2n) is 4.53. The van der Waals surface area contributed by atoms with Crippen LogP contribution >= 0.6 is 11.6 Å². The van der Waals surface area contributed by atoms with Crippen molar-refractivity contribution in [2.24, 2.45) is 5.84 Å². The van der Waals surface area contributed by atoms with Crippen LogP contribution in [0, 0.1) is 5.82 Å². The summed E-state index contributed by atoms with van der Waals surface area (Å²) >= 11 is 5.76. The predicted octanol–water partition coefficient (Wildman–Crippen LogP) is 3.57. The minimum absolute atomic E-state index is 0.0253. The van der Waals surface area contributed by atoms with Gasteiger partial charge in [0.1, 0.15) is 11.4 Å². The van der Waals surface area contributed by atoms with Gasteiger partial charge in [0.05, 0.1) is 10.7 Å². The van der Waals surface area contributed by atoms with Crippen LogP contribution in [0.4, 0.5) is 15.8 Å². The van der Waals surface area contributed by atoms with E-state index in [9.17, 15) is 9.18 Å². The largest absolute Gasteiger partial charge is 0.449 e. The topological polar surface area (TPSA) is 80.3 Å². The van der Waals surface area contributed by atoms with Gasteiger partial charge in [-0.25, -0.2) is 10.2 Å². The first-order chi connectivity index (χ1) is 10.6. The monoisotopic (exact) mass is 319 g/mol. The number of hydrazine groups is 1. The highest BCUT2D eigenvalue weighted by Crippen LogP contribution is 2.33. The van der Waals surface area contributed by atoms with E-state index >= 15 is 0 Å². The average molecular weight is 320 g/mol. The maximum absolute atomic E-state index is 13.2. The van der Waals surface area contributed by atoms with Crippen LogP contribution in [0.5, 0.6) is 0 Å². The van der Waals surface area contributed by atoms with Gasteiger partial charge in [-0.1, -0.05) is 23.7 Å². The highest BCUT2D eigenvalue weighted by atomic mass is 35.5. The molecule has 0 atom stereocenters. The van der Waals surface area contributed by atoms with Crippen molar-refractivity contribution in [3.8, 4) is 0 Å². The Bertz CT molecular complexity index is 863. The lowest BCUT2D eigenvalue weighted by molar-refractivity contribution is 0.0929. The molecule has 0 aliphatic heterocycles. The summed E-state index contributed by atoms with van der Waals surface area (Å²) in [6.07, 6.45) is 0.